The summed E-state index contributed by atoms with van der Waals surface area (Å²) in [6.07, 6.45) is -2.01. The van der Waals surface area contributed by atoms with Crippen LogP contribution in [-0.2, 0) is 26.2 Å². The normalized spacial score (nSPS) is 11.7. The monoisotopic (exact) mass is 301 g/mol. The van der Waals surface area contributed by atoms with E-state index >= 15 is 0 Å². The number of alkyl halides is 3. The van der Waals surface area contributed by atoms with Crippen molar-refractivity contribution in [2.24, 2.45) is 7.05 Å². The Hall–Kier alpha value is -2.05. The molecule has 2 rings (SSSR count). The maximum absolute atomic E-state index is 13.7. The van der Waals surface area contributed by atoms with Gasteiger partial charge in [-0.15, -0.1) is 0 Å². The van der Waals surface area contributed by atoms with Gasteiger partial charge in [0.2, 0.25) is 0 Å². The minimum Gasteiger partial charge on any atom is -0.378 e. The number of rotatable bonds is 4. The zero-order valence-electron chi connectivity index (χ0n) is 11.6. The van der Waals surface area contributed by atoms with Crippen molar-refractivity contribution in [3.63, 3.8) is 0 Å². The molecule has 0 amide bonds. The van der Waals surface area contributed by atoms with E-state index in [9.17, 15) is 17.6 Å². The van der Waals surface area contributed by atoms with Gasteiger partial charge in [-0.3, -0.25) is 4.68 Å². The first-order valence-electron chi connectivity index (χ1n) is 6.43. The standard InChI is InChI=1S/C14H15F4N3/c1-3-12-9(8-21(2)20-12)7-19-13-5-4-10(6-11(13)15)14(16,17)18/h4-6,8,19H,3,7H2,1-2H3. The van der Waals surface area contributed by atoms with Gasteiger partial charge in [-0.05, 0) is 24.6 Å². The lowest BCUT2D eigenvalue weighted by atomic mass is 10.1. The van der Waals surface area contributed by atoms with Crippen LogP contribution in [-0.4, -0.2) is 9.78 Å². The topological polar surface area (TPSA) is 29.9 Å². The number of nitrogens with zero attached hydrogens (tertiary/aromatic N) is 2. The first-order chi connectivity index (χ1) is 9.81. The third-order valence-corrected chi connectivity index (χ3v) is 3.09. The summed E-state index contributed by atoms with van der Waals surface area (Å²) in [7, 11) is 1.78. The van der Waals surface area contributed by atoms with Crippen LogP contribution in [0.5, 0.6) is 0 Å². The van der Waals surface area contributed by atoms with E-state index in [1.807, 2.05) is 6.92 Å². The lowest BCUT2D eigenvalue weighted by Gasteiger charge is -2.11. The van der Waals surface area contributed by atoms with E-state index in [1.165, 1.54) is 0 Å². The van der Waals surface area contributed by atoms with Gasteiger partial charge in [-0.25, -0.2) is 4.39 Å². The molecule has 0 spiro atoms. The van der Waals surface area contributed by atoms with Gasteiger partial charge in [-0.2, -0.15) is 18.3 Å². The van der Waals surface area contributed by atoms with Crippen LogP contribution in [0.4, 0.5) is 23.2 Å². The Morgan fingerprint density at radius 3 is 2.57 bits per heavy atom. The molecule has 3 nitrogen and oxygen atoms in total. The second kappa shape index (κ2) is 5.75. The SMILES string of the molecule is CCc1nn(C)cc1CNc1ccc(C(F)(F)F)cc1F. The Morgan fingerprint density at radius 1 is 1.29 bits per heavy atom. The third kappa shape index (κ3) is 3.53. The quantitative estimate of drug-likeness (QED) is 0.872. The molecule has 0 saturated heterocycles. The second-order valence-corrected chi connectivity index (χ2v) is 4.67. The molecule has 0 fully saturated rings. The summed E-state index contributed by atoms with van der Waals surface area (Å²) in [5.74, 6) is -0.924. The molecule has 0 bridgehead atoms. The van der Waals surface area contributed by atoms with E-state index < -0.39 is 17.6 Å². The average Bonchev–Trinajstić information content (AvgIpc) is 2.76. The summed E-state index contributed by atoms with van der Waals surface area (Å²) in [5, 5.41) is 7.04. The van der Waals surface area contributed by atoms with E-state index in [2.05, 4.69) is 10.4 Å². The van der Waals surface area contributed by atoms with Gasteiger partial charge < -0.3 is 5.32 Å². The molecule has 21 heavy (non-hydrogen) atoms. The van der Waals surface area contributed by atoms with Crippen molar-refractivity contribution in [1.29, 1.82) is 0 Å². The number of anilines is 1. The molecular weight excluding hydrogens is 286 g/mol. The van der Waals surface area contributed by atoms with Crippen LogP contribution >= 0.6 is 0 Å². The fourth-order valence-electron chi connectivity index (χ4n) is 2.05. The fraction of sp³-hybridized carbons (Fsp3) is 0.357. The Morgan fingerprint density at radius 2 is 2.00 bits per heavy atom. The number of aryl methyl sites for hydroxylation is 2. The van der Waals surface area contributed by atoms with Crippen molar-refractivity contribution < 1.29 is 17.6 Å². The van der Waals surface area contributed by atoms with Crippen molar-refractivity contribution in [2.75, 3.05) is 5.32 Å². The van der Waals surface area contributed by atoms with Crippen molar-refractivity contribution in [3.05, 3.63) is 47.0 Å². The summed E-state index contributed by atoms with van der Waals surface area (Å²) >= 11 is 0. The number of halogens is 4. The maximum Gasteiger partial charge on any atom is 0.416 e. The van der Waals surface area contributed by atoms with Crippen molar-refractivity contribution >= 4 is 5.69 Å². The molecule has 114 valence electrons. The minimum absolute atomic E-state index is 0.0360. The summed E-state index contributed by atoms with van der Waals surface area (Å²) < 4.78 is 52.7. The van der Waals surface area contributed by atoms with Gasteiger partial charge in [0.05, 0.1) is 16.9 Å². The lowest BCUT2D eigenvalue weighted by Crippen LogP contribution is -2.07. The summed E-state index contributed by atoms with van der Waals surface area (Å²) in [6, 6.07) is 2.45. The number of nitrogens with one attached hydrogen (secondary N) is 1. The molecule has 0 aliphatic rings. The molecule has 0 aliphatic carbocycles. The van der Waals surface area contributed by atoms with Crippen LogP contribution in [0, 0.1) is 5.82 Å². The second-order valence-electron chi connectivity index (χ2n) is 4.67. The Bertz CT molecular complexity index is 632. The average molecular weight is 301 g/mol. The molecule has 0 unspecified atom stereocenters. The van der Waals surface area contributed by atoms with Crippen LogP contribution in [0.15, 0.2) is 24.4 Å². The minimum atomic E-state index is -4.54. The van der Waals surface area contributed by atoms with Gasteiger partial charge >= 0.3 is 6.18 Å². The van der Waals surface area contributed by atoms with E-state index in [0.717, 1.165) is 29.8 Å². The highest BCUT2D eigenvalue weighted by Gasteiger charge is 2.31. The van der Waals surface area contributed by atoms with E-state index in [1.54, 1.807) is 17.9 Å². The molecule has 1 aromatic heterocycles. The molecule has 0 atom stereocenters. The first kappa shape index (κ1) is 15.3. The lowest BCUT2D eigenvalue weighted by molar-refractivity contribution is -0.137. The van der Waals surface area contributed by atoms with Crippen molar-refractivity contribution in [2.45, 2.75) is 26.1 Å². The predicted molar refractivity (Wildman–Crippen MR) is 71.3 cm³/mol. The maximum atomic E-state index is 13.7. The number of hydrogen-bond donors (Lipinski definition) is 1. The first-order valence-corrected chi connectivity index (χ1v) is 6.43. The van der Waals surface area contributed by atoms with Crippen molar-refractivity contribution in [3.8, 4) is 0 Å². The largest absolute Gasteiger partial charge is 0.416 e. The number of hydrogen-bond acceptors (Lipinski definition) is 2. The predicted octanol–water partition coefficient (Wildman–Crippen LogP) is 3.75. The Balaban J connectivity index is 2.13. The van der Waals surface area contributed by atoms with Crippen LogP contribution < -0.4 is 5.32 Å². The Kier molecular flexibility index (Phi) is 4.20. The highest BCUT2D eigenvalue weighted by Crippen LogP contribution is 2.31. The zero-order chi connectivity index (χ0) is 15.6. The van der Waals surface area contributed by atoms with Crippen LogP contribution in [0.3, 0.4) is 0 Å². The van der Waals surface area contributed by atoms with Gasteiger partial charge in [0, 0.05) is 25.4 Å². The van der Waals surface area contributed by atoms with Gasteiger partial charge in [0.25, 0.3) is 0 Å². The highest BCUT2D eigenvalue weighted by atomic mass is 19.4. The van der Waals surface area contributed by atoms with Crippen LogP contribution in [0.2, 0.25) is 0 Å². The molecule has 1 heterocycles. The molecule has 0 aliphatic heterocycles. The molecule has 2 aromatic rings. The van der Waals surface area contributed by atoms with Gasteiger partial charge in [0.15, 0.2) is 0 Å². The van der Waals surface area contributed by atoms with Crippen molar-refractivity contribution in [1.82, 2.24) is 9.78 Å². The summed E-state index contributed by atoms with van der Waals surface area (Å²) in [4.78, 5) is 0. The molecule has 0 radical (unpaired) electrons. The summed E-state index contributed by atoms with van der Waals surface area (Å²) in [6.45, 7) is 2.25. The Labute approximate surface area is 119 Å². The highest BCUT2D eigenvalue weighted by molar-refractivity contribution is 5.47. The van der Waals surface area contributed by atoms with Crippen LogP contribution in [0.25, 0.3) is 0 Å². The fourth-order valence-corrected chi connectivity index (χ4v) is 2.05. The smallest absolute Gasteiger partial charge is 0.378 e. The van der Waals surface area contributed by atoms with Gasteiger partial charge in [0.1, 0.15) is 5.82 Å². The van der Waals surface area contributed by atoms with Gasteiger partial charge in [-0.1, -0.05) is 6.92 Å². The molecule has 1 N–H and O–H groups in total. The molecular formula is C14H15F4N3. The zero-order valence-corrected chi connectivity index (χ0v) is 11.6. The molecule has 0 saturated carbocycles. The van der Waals surface area contributed by atoms with Crippen LogP contribution in [0.1, 0.15) is 23.7 Å². The van der Waals surface area contributed by atoms with E-state index in [4.69, 9.17) is 0 Å². The number of aromatic nitrogens is 2. The third-order valence-electron chi connectivity index (χ3n) is 3.09. The summed E-state index contributed by atoms with van der Waals surface area (Å²) in [5.41, 5.74) is 0.798. The number of benzene rings is 1. The van der Waals surface area contributed by atoms with E-state index in [0.29, 0.717) is 12.6 Å². The van der Waals surface area contributed by atoms with E-state index in [-0.39, 0.29) is 5.69 Å². The molecule has 1 aromatic carbocycles. The molecule has 7 heteroatoms.